The van der Waals surface area contributed by atoms with Crippen molar-refractivity contribution in [2.24, 2.45) is 5.73 Å². The first-order valence-corrected chi connectivity index (χ1v) is 6.81. The number of amides is 1. The zero-order valence-electron chi connectivity index (χ0n) is 12.4. The third-order valence-corrected chi connectivity index (χ3v) is 2.70. The van der Waals surface area contributed by atoms with Gasteiger partial charge >= 0.3 is 0 Å². The van der Waals surface area contributed by atoms with E-state index in [-0.39, 0.29) is 24.4 Å². The number of anilines is 1. The first-order chi connectivity index (χ1) is 9.02. The summed E-state index contributed by atoms with van der Waals surface area (Å²) in [7, 11) is 0. The Kier molecular flexibility index (Phi) is 9.01. The molecule has 1 unspecified atom stereocenters. The molecule has 0 radical (unpaired) electrons. The van der Waals surface area contributed by atoms with Crippen LogP contribution in [0.3, 0.4) is 0 Å². The molecule has 1 aromatic rings. The molecule has 1 amide bonds. The molecule has 0 aliphatic heterocycles. The molecule has 0 saturated carbocycles. The second-order valence-corrected chi connectivity index (χ2v) is 4.91. The highest BCUT2D eigenvalue weighted by atomic mass is 35.5. The average molecular weight is 301 g/mol. The summed E-state index contributed by atoms with van der Waals surface area (Å²) in [5.74, 6) is 0.707. The molecule has 20 heavy (non-hydrogen) atoms. The van der Waals surface area contributed by atoms with E-state index in [1.165, 1.54) is 0 Å². The van der Waals surface area contributed by atoms with E-state index in [0.29, 0.717) is 19.4 Å². The zero-order valence-corrected chi connectivity index (χ0v) is 13.3. The van der Waals surface area contributed by atoms with Crippen LogP contribution in [-0.2, 0) is 4.79 Å². The molecule has 0 heterocycles. The van der Waals surface area contributed by atoms with Crippen molar-refractivity contribution < 1.29 is 9.53 Å². The summed E-state index contributed by atoms with van der Waals surface area (Å²) in [6.45, 7) is 6.60. The van der Waals surface area contributed by atoms with Crippen LogP contribution in [0.5, 0.6) is 5.75 Å². The maximum Gasteiger partial charge on any atom is 0.224 e. The minimum atomic E-state index is -0.0255. The van der Waals surface area contributed by atoms with Crippen LogP contribution in [0.15, 0.2) is 18.2 Å². The minimum absolute atomic E-state index is 0. The first kappa shape index (κ1) is 18.7. The molecular weight excluding hydrogens is 276 g/mol. The van der Waals surface area contributed by atoms with Gasteiger partial charge in [-0.15, -0.1) is 12.4 Å². The van der Waals surface area contributed by atoms with Crippen molar-refractivity contribution >= 4 is 24.0 Å². The van der Waals surface area contributed by atoms with Crippen molar-refractivity contribution in [3.8, 4) is 5.75 Å². The summed E-state index contributed by atoms with van der Waals surface area (Å²) in [6.07, 6.45) is 2.05. The molecule has 1 rings (SSSR count). The molecule has 4 nitrogen and oxygen atoms in total. The van der Waals surface area contributed by atoms with Gasteiger partial charge in [-0.2, -0.15) is 0 Å². The van der Waals surface area contributed by atoms with Gasteiger partial charge in [-0.05, 0) is 44.4 Å². The number of hydrogen-bond acceptors (Lipinski definition) is 3. The molecule has 0 bridgehead atoms. The highest BCUT2D eigenvalue weighted by molar-refractivity contribution is 5.92. The fourth-order valence-corrected chi connectivity index (χ4v) is 1.64. The fraction of sp³-hybridized carbons (Fsp3) is 0.533. The monoisotopic (exact) mass is 300 g/mol. The Morgan fingerprint density at radius 2 is 2.15 bits per heavy atom. The number of hydrogen-bond donors (Lipinski definition) is 2. The summed E-state index contributed by atoms with van der Waals surface area (Å²) >= 11 is 0. The van der Waals surface area contributed by atoms with Crippen LogP contribution in [0.25, 0.3) is 0 Å². The van der Waals surface area contributed by atoms with E-state index in [4.69, 9.17) is 10.5 Å². The van der Waals surface area contributed by atoms with E-state index in [1.807, 2.05) is 32.0 Å². The number of ether oxygens (including phenoxy) is 1. The molecule has 1 atom stereocenters. The number of rotatable bonds is 7. The smallest absolute Gasteiger partial charge is 0.224 e. The quantitative estimate of drug-likeness (QED) is 0.812. The molecule has 114 valence electrons. The number of carbonyl (C=O) groups excluding carboxylic acids is 1. The normalized spacial score (nSPS) is 11.4. The Morgan fingerprint density at radius 1 is 1.45 bits per heavy atom. The molecule has 0 aliphatic rings. The van der Waals surface area contributed by atoms with Crippen molar-refractivity contribution in [2.75, 3.05) is 11.9 Å². The lowest BCUT2D eigenvalue weighted by molar-refractivity contribution is -0.116. The third kappa shape index (κ3) is 6.78. The SMILES string of the molecule is CCCOc1cc(C)ccc1NC(=O)CCC(C)N.Cl. The van der Waals surface area contributed by atoms with Gasteiger partial charge in [0, 0.05) is 12.5 Å². The fourth-order valence-electron chi connectivity index (χ4n) is 1.64. The molecule has 0 aromatic heterocycles. The summed E-state index contributed by atoms with van der Waals surface area (Å²) in [6, 6.07) is 5.82. The van der Waals surface area contributed by atoms with Gasteiger partial charge in [0.05, 0.1) is 12.3 Å². The Bertz CT molecular complexity index is 422. The van der Waals surface area contributed by atoms with Gasteiger partial charge in [0.15, 0.2) is 0 Å². The van der Waals surface area contributed by atoms with E-state index in [2.05, 4.69) is 12.2 Å². The number of carbonyl (C=O) groups is 1. The topological polar surface area (TPSA) is 64.3 Å². The maximum absolute atomic E-state index is 11.8. The lowest BCUT2D eigenvalue weighted by atomic mass is 10.1. The largest absolute Gasteiger partial charge is 0.491 e. The van der Waals surface area contributed by atoms with Crippen LogP contribution in [0.2, 0.25) is 0 Å². The van der Waals surface area contributed by atoms with Crippen LogP contribution in [0, 0.1) is 6.92 Å². The average Bonchev–Trinajstić information content (AvgIpc) is 2.36. The highest BCUT2D eigenvalue weighted by Crippen LogP contribution is 2.26. The van der Waals surface area contributed by atoms with Gasteiger partial charge < -0.3 is 15.8 Å². The standard InChI is InChI=1S/C15H24N2O2.ClH/c1-4-9-19-14-10-11(2)5-7-13(14)17-15(18)8-6-12(3)16;/h5,7,10,12H,4,6,8-9,16H2,1-3H3,(H,17,18);1H. The van der Waals surface area contributed by atoms with E-state index in [1.54, 1.807) is 0 Å². The molecule has 1 aromatic carbocycles. The van der Waals surface area contributed by atoms with Crippen LogP contribution in [0.4, 0.5) is 5.69 Å². The van der Waals surface area contributed by atoms with Crippen LogP contribution < -0.4 is 15.8 Å². The van der Waals surface area contributed by atoms with Gasteiger partial charge in [0.25, 0.3) is 0 Å². The second kappa shape index (κ2) is 9.61. The lowest BCUT2D eigenvalue weighted by Gasteiger charge is -2.13. The number of benzene rings is 1. The third-order valence-electron chi connectivity index (χ3n) is 2.70. The van der Waals surface area contributed by atoms with Crippen LogP contribution >= 0.6 is 12.4 Å². The Hall–Kier alpha value is -1.26. The van der Waals surface area contributed by atoms with E-state index in [9.17, 15) is 4.79 Å². The van der Waals surface area contributed by atoms with Gasteiger partial charge in [-0.1, -0.05) is 13.0 Å². The zero-order chi connectivity index (χ0) is 14.3. The number of nitrogens with two attached hydrogens (primary N) is 1. The molecule has 0 aliphatic carbocycles. The van der Waals surface area contributed by atoms with Crippen molar-refractivity contribution in [2.45, 2.75) is 46.1 Å². The Labute approximate surface area is 127 Å². The van der Waals surface area contributed by atoms with Crippen molar-refractivity contribution in [3.05, 3.63) is 23.8 Å². The summed E-state index contributed by atoms with van der Waals surface area (Å²) < 4.78 is 5.65. The molecule has 3 N–H and O–H groups in total. The van der Waals surface area contributed by atoms with E-state index < -0.39 is 0 Å². The first-order valence-electron chi connectivity index (χ1n) is 6.81. The highest BCUT2D eigenvalue weighted by Gasteiger charge is 2.09. The lowest BCUT2D eigenvalue weighted by Crippen LogP contribution is -2.19. The number of aryl methyl sites for hydroxylation is 1. The summed E-state index contributed by atoms with van der Waals surface area (Å²) in [5, 5.41) is 2.88. The van der Waals surface area contributed by atoms with Gasteiger partial charge in [0.1, 0.15) is 5.75 Å². The van der Waals surface area contributed by atoms with Crippen LogP contribution in [-0.4, -0.2) is 18.6 Å². The molecular formula is C15H25ClN2O2. The van der Waals surface area contributed by atoms with Gasteiger partial charge in [-0.3, -0.25) is 4.79 Å². The van der Waals surface area contributed by atoms with E-state index in [0.717, 1.165) is 23.4 Å². The predicted molar refractivity (Wildman–Crippen MR) is 85.7 cm³/mol. The molecule has 0 spiro atoms. The summed E-state index contributed by atoms with van der Waals surface area (Å²) in [5.41, 5.74) is 7.49. The van der Waals surface area contributed by atoms with Gasteiger partial charge in [0.2, 0.25) is 5.91 Å². The summed E-state index contributed by atoms with van der Waals surface area (Å²) in [4.78, 5) is 11.8. The van der Waals surface area contributed by atoms with Crippen LogP contribution in [0.1, 0.15) is 38.7 Å². The molecule has 5 heteroatoms. The predicted octanol–water partition coefficient (Wildman–Crippen LogP) is 3.27. The molecule has 0 saturated heterocycles. The van der Waals surface area contributed by atoms with Crippen molar-refractivity contribution in [3.63, 3.8) is 0 Å². The van der Waals surface area contributed by atoms with Gasteiger partial charge in [-0.25, -0.2) is 0 Å². The van der Waals surface area contributed by atoms with Crippen molar-refractivity contribution in [1.82, 2.24) is 0 Å². The minimum Gasteiger partial charge on any atom is -0.491 e. The van der Waals surface area contributed by atoms with Crippen molar-refractivity contribution in [1.29, 1.82) is 0 Å². The Balaban J connectivity index is 0.00000361. The Morgan fingerprint density at radius 3 is 2.75 bits per heavy atom. The number of halogens is 1. The second-order valence-electron chi connectivity index (χ2n) is 4.91. The molecule has 0 fully saturated rings. The van der Waals surface area contributed by atoms with E-state index >= 15 is 0 Å². The maximum atomic E-state index is 11.8. The number of nitrogens with one attached hydrogen (secondary N) is 1.